The molecule has 9 heteroatoms. The zero-order valence-electron chi connectivity index (χ0n) is 16.2. The van der Waals surface area contributed by atoms with Crippen molar-refractivity contribution >= 4 is 61.5 Å². The van der Waals surface area contributed by atoms with E-state index in [1.54, 1.807) is 36.4 Å². The minimum atomic E-state index is -0.807. The summed E-state index contributed by atoms with van der Waals surface area (Å²) < 4.78 is 12.1. The van der Waals surface area contributed by atoms with E-state index in [9.17, 15) is 14.4 Å². The molecule has 0 unspecified atom stereocenters. The lowest BCUT2D eigenvalue weighted by atomic mass is 10.1. The zero-order valence-corrected chi connectivity index (χ0v) is 19.4. The van der Waals surface area contributed by atoms with E-state index in [1.165, 1.54) is 13.2 Å². The molecule has 0 radical (unpaired) electrons. The number of urea groups is 1. The summed E-state index contributed by atoms with van der Waals surface area (Å²) in [5, 5.41) is 2.21. The minimum Gasteiger partial charge on any atom is -0.497 e. The number of benzene rings is 2. The number of imide groups is 2. The van der Waals surface area contributed by atoms with Gasteiger partial charge in [-0.2, -0.15) is 0 Å². The molecule has 0 spiro atoms. The number of barbiturate groups is 1. The van der Waals surface area contributed by atoms with Crippen molar-refractivity contribution in [3.05, 3.63) is 56.5 Å². The normalized spacial score (nSPS) is 15.4. The summed E-state index contributed by atoms with van der Waals surface area (Å²) in [6.45, 7) is 2.56. The average Bonchev–Trinajstić information content (AvgIpc) is 2.71. The van der Waals surface area contributed by atoms with Gasteiger partial charge < -0.3 is 9.47 Å². The van der Waals surface area contributed by atoms with Crippen molar-refractivity contribution in [1.29, 1.82) is 0 Å². The van der Waals surface area contributed by atoms with Crippen LogP contribution in [0.15, 0.2) is 50.9 Å². The predicted octanol–water partition coefficient (Wildman–Crippen LogP) is 4.68. The van der Waals surface area contributed by atoms with Crippen LogP contribution in [0, 0.1) is 0 Å². The number of hydrogen-bond donors (Lipinski definition) is 1. The Kier molecular flexibility index (Phi) is 6.94. The Hall–Kier alpha value is -2.65. The van der Waals surface area contributed by atoms with E-state index in [0.29, 0.717) is 38.3 Å². The molecular formula is C21H18Br2N2O5. The number of ether oxygens (including phenoxy) is 2. The number of rotatable bonds is 6. The van der Waals surface area contributed by atoms with E-state index < -0.39 is 17.8 Å². The molecule has 1 aliphatic heterocycles. The van der Waals surface area contributed by atoms with Crippen molar-refractivity contribution in [3.8, 4) is 11.5 Å². The average molecular weight is 538 g/mol. The van der Waals surface area contributed by atoms with Crippen LogP contribution in [-0.2, 0) is 9.59 Å². The number of carbonyl (C=O) groups is 3. The van der Waals surface area contributed by atoms with Crippen molar-refractivity contribution in [2.75, 3.05) is 18.6 Å². The molecule has 1 saturated heterocycles. The Bertz CT molecular complexity index is 1010. The number of methoxy groups -OCH3 is 1. The second kappa shape index (κ2) is 9.44. The van der Waals surface area contributed by atoms with Crippen LogP contribution in [0.4, 0.5) is 10.5 Å². The number of carbonyl (C=O) groups excluding carboxylic acids is 3. The molecule has 0 atom stereocenters. The van der Waals surface area contributed by atoms with E-state index >= 15 is 0 Å². The number of nitrogens with one attached hydrogen (secondary N) is 1. The Morgan fingerprint density at radius 1 is 1.07 bits per heavy atom. The van der Waals surface area contributed by atoms with E-state index in [4.69, 9.17) is 9.47 Å². The highest BCUT2D eigenvalue weighted by Crippen LogP contribution is 2.36. The highest BCUT2D eigenvalue weighted by Gasteiger charge is 2.36. The number of nitrogens with zero attached hydrogens (tertiary/aromatic N) is 1. The topological polar surface area (TPSA) is 84.9 Å². The molecule has 0 aliphatic carbocycles. The maximum Gasteiger partial charge on any atom is 0.335 e. The summed E-state index contributed by atoms with van der Waals surface area (Å²) in [4.78, 5) is 38.6. The van der Waals surface area contributed by atoms with Crippen LogP contribution >= 0.6 is 31.9 Å². The number of hydrogen-bond acceptors (Lipinski definition) is 5. The molecular weight excluding hydrogens is 520 g/mol. The number of amides is 4. The third kappa shape index (κ3) is 4.57. The van der Waals surface area contributed by atoms with Gasteiger partial charge in [-0.15, -0.1) is 0 Å². The lowest BCUT2D eigenvalue weighted by Crippen LogP contribution is -2.54. The maximum absolute atomic E-state index is 13.0. The van der Waals surface area contributed by atoms with Gasteiger partial charge in [0.25, 0.3) is 11.8 Å². The van der Waals surface area contributed by atoms with E-state index in [0.717, 1.165) is 11.3 Å². The van der Waals surface area contributed by atoms with Gasteiger partial charge >= 0.3 is 6.03 Å². The van der Waals surface area contributed by atoms with Gasteiger partial charge in [0.2, 0.25) is 0 Å². The first-order valence-electron chi connectivity index (χ1n) is 9.03. The summed E-state index contributed by atoms with van der Waals surface area (Å²) in [6.07, 6.45) is 2.29. The fourth-order valence-electron chi connectivity index (χ4n) is 2.79. The van der Waals surface area contributed by atoms with Crippen LogP contribution in [-0.4, -0.2) is 31.6 Å². The zero-order chi connectivity index (χ0) is 21.8. The first-order valence-corrected chi connectivity index (χ1v) is 10.6. The molecule has 156 valence electrons. The molecule has 0 saturated carbocycles. The van der Waals surface area contributed by atoms with Gasteiger partial charge in [0.1, 0.15) is 17.1 Å². The minimum absolute atomic E-state index is 0.161. The van der Waals surface area contributed by atoms with Gasteiger partial charge in [0.05, 0.1) is 28.3 Å². The monoisotopic (exact) mass is 536 g/mol. The van der Waals surface area contributed by atoms with Crippen molar-refractivity contribution in [2.45, 2.75) is 13.3 Å². The van der Waals surface area contributed by atoms with Crippen LogP contribution in [0.5, 0.6) is 11.5 Å². The standard InChI is InChI=1S/C21H18Br2N2O5/c1-3-8-30-18-16(22)10-12(11-17(18)23)9-15-19(26)24-21(28)25(20(15)27)13-4-6-14(29-2)7-5-13/h4-7,9-11H,3,8H2,1-2H3,(H,24,26,28)/b15-9+. The second-order valence-corrected chi connectivity index (χ2v) is 8.03. The van der Waals surface area contributed by atoms with Crippen LogP contribution in [0.1, 0.15) is 18.9 Å². The number of anilines is 1. The quantitative estimate of drug-likeness (QED) is 0.427. The smallest absolute Gasteiger partial charge is 0.335 e. The fraction of sp³-hybridized carbons (Fsp3) is 0.190. The Morgan fingerprint density at radius 3 is 2.27 bits per heavy atom. The van der Waals surface area contributed by atoms with Crippen LogP contribution < -0.4 is 19.7 Å². The first-order chi connectivity index (χ1) is 14.3. The largest absolute Gasteiger partial charge is 0.497 e. The predicted molar refractivity (Wildman–Crippen MR) is 120 cm³/mol. The Labute approximate surface area is 190 Å². The molecule has 4 amide bonds. The molecule has 0 aromatic heterocycles. The Morgan fingerprint density at radius 2 is 1.70 bits per heavy atom. The van der Waals surface area contributed by atoms with Crippen molar-refractivity contribution in [1.82, 2.24) is 5.32 Å². The van der Waals surface area contributed by atoms with Crippen LogP contribution in [0.2, 0.25) is 0 Å². The molecule has 2 aromatic rings. The van der Waals surface area contributed by atoms with Crippen LogP contribution in [0.25, 0.3) is 6.08 Å². The van der Waals surface area contributed by atoms with E-state index in [-0.39, 0.29) is 5.57 Å². The molecule has 1 fully saturated rings. The van der Waals surface area contributed by atoms with E-state index in [2.05, 4.69) is 37.2 Å². The molecule has 0 bridgehead atoms. The maximum atomic E-state index is 13.0. The molecule has 3 rings (SSSR count). The lowest BCUT2D eigenvalue weighted by Gasteiger charge is -2.26. The van der Waals surface area contributed by atoms with Crippen molar-refractivity contribution in [3.63, 3.8) is 0 Å². The van der Waals surface area contributed by atoms with Gasteiger partial charge in [-0.25, -0.2) is 9.69 Å². The van der Waals surface area contributed by atoms with Gasteiger partial charge in [0, 0.05) is 0 Å². The summed E-state index contributed by atoms with van der Waals surface area (Å²) >= 11 is 6.90. The molecule has 1 aliphatic rings. The summed E-state index contributed by atoms with van der Waals surface area (Å²) in [5.74, 6) is -0.259. The summed E-state index contributed by atoms with van der Waals surface area (Å²) in [5.41, 5.74) is 0.744. The van der Waals surface area contributed by atoms with Gasteiger partial charge in [-0.1, -0.05) is 6.92 Å². The third-order valence-corrected chi connectivity index (χ3v) is 5.39. The number of halogens is 2. The second-order valence-electron chi connectivity index (χ2n) is 6.32. The van der Waals surface area contributed by atoms with Crippen molar-refractivity contribution < 1.29 is 23.9 Å². The first kappa shape index (κ1) is 22.0. The van der Waals surface area contributed by atoms with Crippen molar-refractivity contribution in [2.24, 2.45) is 0 Å². The lowest BCUT2D eigenvalue weighted by molar-refractivity contribution is -0.122. The molecule has 1 heterocycles. The van der Waals surface area contributed by atoms with Gasteiger partial charge in [-0.3, -0.25) is 14.9 Å². The molecule has 30 heavy (non-hydrogen) atoms. The Balaban J connectivity index is 1.96. The summed E-state index contributed by atoms with van der Waals surface area (Å²) in [7, 11) is 1.52. The summed E-state index contributed by atoms with van der Waals surface area (Å²) in [6, 6.07) is 9.04. The van der Waals surface area contributed by atoms with Crippen LogP contribution in [0.3, 0.4) is 0 Å². The molecule has 1 N–H and O–H groups in total. The molecule has 2 aromatic carbocycles. The van der Waals surface area contributed by atoms with Gasteiger partial charge in [0.15, 0.2) is 0 Å². The van der Waals surface area contributed by atoms with E-state index in [1.807, 2.05) is 6.92 Å². The SMILES string of the molecule is CCCOc1c(Br)cc(/C=C2\C(=O)NC(=O)N(c3ccc(OC)cc3)C2=O)cc1Br. The molecule has 7 nitrogen and oxygen atoms in total. The highest BCUT2D eigenvalue weighted by atomic mass is 79.9. The third-order valence-electron chi connectivity index (χ3n) is 4.21. The highest BCUT2D eigenvalue weighted by molar-refractivity contribution is 9.11. The fourth-order valence-corrected chi connectivity index (χ4v) is 4.25. The van der Waals surface area contributed by atoms with Gasteiger partial charge in [-0.05, 0) is 86.3 Å².